The van der Waals surface area contributed by atoms with Crippen LogP contribution in [-0.4, -0.2) is 35.1 Å². The average Bonchev–Trinajstić information content (AvgIpc) is 2.92. The molecule has 1 atom stereocenters. The summed E-state index contributed by atoms with van der Waals surface area (Å²) < 4.78 is 0. The summed E-state index contributed by atoms with van der Waals surface area (Å²) in [4.78, 5) is 29.4. The maximum atomic E-state index is 13.8. The molecule has 0 bridgehead atoms. The molecule has 6 nitrogen and oxygen atoms in total. The topological polar surface area (TPSA) is 99.3 Å². The van der Waals surface area contributed by atoms with Crippen molar-refractivity contribution in [3.05, 3.63) is 102 Å². The second kappa shape index (κ2) is 12.2. The lowest BCUT2D eigenvalue weighted by Crippen LogP contribution is -2.50. The van der Waals surface area contributed by atoms with Crippen LogP contribution >= 0.6 is 0 Å². The zero-order chi connectivity index (χ0) is 25.3. The SMILES string of the molecule is N=C(N)c1ccc(NC(=O)C(Cc2ccccc2)N(CC2CCCCC2)C(=O)c2ccccc2)cc1. The number of nitrogens with two attached hydrogens (primary N) is 1. The fourth-order valence-corrected chi connectivity index (χ4v) is 4.89. The van der Waals surface area contributed by atoms with Crippen LogP contribution in [0.1, 0.15) is 53.6 Å². The lowest BCUT2D eigenvalue weighted by atomic mass is 9.88. The van der Waals surface area contributed by atoms with E-state index in [0.717, 1.165) is 31.2 Å². The highest BCUT2D eigenvalue weighted by Crippen LogP contribution is 2.27. The molecule has 0 aliphatic heterocycles. The van der Waals surface area contributed by atoms with Crippen LogP contribution in [0.5, 0.6) is 0 Å². The minimum Gasteiger partial charge on any atom is -0.384 e. The standard InChI is InChI=1S/C30H34N4O2/c31-28(32)24-16-18-26(19-17-24)33-29(35)27(20-22-10-4-1-5-11-22)34(21-23-12-6-2-7-13-23)30(36)25-14-8-3-9-15-25/h1,3-5,8-11,14-19,23,27H,2,6-7,12-13,20-21H2,(H3,31,32)(H,33,35). The summed E-state index contributed by atoms with van der Waals surface area (Å²) in [6.45, 7) is 0.557. The third-order valence-corrected chi connectivity index (χ3v) is 6.88. The van der Waals surface area contributed by atoms with Crippen LogP contribution in [0.4, 0.5) is 5.69 Å². The van der Waals surface area contributed by atoms with E-state index in [1.54, 1.807) is 29.2 Å². The van der Waals surface area contributed by atoms with Gasteiger partial charge in [0, 0.05) is 29.8 Å². The van der Waals surface area contributed by atoms with Crippen molar-refractivity contribution in [2.24, 2.45) is 11.7 Å². The highest BCUT2D eigenvalue weighted by Gasteiger charge is 2.33. The first-order valence-electron chi connectivity index (χ1n) is 12.7. The number of hydrogen-bond donors (Lipinski definition) is 3. The smallest absolute Gasteiger partial charge is 0.254 e. The predicted octanol–water partition coefficient (Wildman–Crippen LogP) is 5.24. The van der Waals surface area contributed by atoms with Gasteiger partial charge in [0.05, 0.1) is 0 Å². The third kappa shape index (κ3) is 6.60. The quantitative estimate of drug-likeness (QED) is 0.287. The second-order valence-corrected chi connectivity index (χ2v) is 9.51. The summed E-state index contributed by atoms with van der Waals surface area (Å²) in [5.41, 5.74) is 8.35. The molecule has 0 saturated heterocycles. The Balaban J connectivity index is 1.65. The van der Waals surface area contributed by atoms with Gasteiger partial charge in [-0.05, 0) is 60.7 Å². The number of carbonyl (C=O) groups is 2. The molecule has 1 aliphatic rings. The number of nitrogen functional groups attached to an aromatic ring is 1. The molecule has 0 radical (unpaired) electrons. The van der Waals surface area contributed by atoms with Crippen molar-refractivity contribution in [3.63, 3.8) is 0 Å². The van der Waals surface area contributed by atoms with Crippen LogP contribution in [0, 0.1) is 11.3 Å². The van der Waals surface area contributed by atoms with Crippen molar-refractivity contribution in [1.82, 2.24) is 4.90 Å². The Hall–Kier alpha value is -3.93. The minimum atomic E-state index is -0.672. The lowest BCUT2D eigenvalue weighted by molar-refractivity contribution is -0.120. The number of benzene rings is 3. The van der Waals surface area contributed by atoms with E-state index in [2.05, 4.69) is 5.32 Å². The first-order chi connectivity index (χ1) is 17.5. The van der Waals surface area contributed by atoms with E-state index in [9.17, 15) is 9.59 Å². The van der Waals surface area contributed by atoms with Gasteiger partial charge in [-0.2, -0.15) is 0 Å². The number of nitrogens with zero attached hydrogens (tertiary/aromatic N) is 1. The normalized spacial score (nSPS) is 14.6. The molecule has 6 heteroatoms. The van der Waals surface area contributed by atoms with E-state index in [-0.39, 0.29) is 17.6 Å². The zero-order valence-electron chi connectivity index (χ0n) is 20.5. The molecule has 0 spiro atoms. The van der Waals surface area contributed by atoms with Crippen molar-refractivity contribution >= 4 is 23.3 Å². The fourth-order valence-electron chi connectivity index (χ4n) is 4.89. The Morgan fingerprint density at radius 3 is 2.08 bits per heavy atom. The van der Waals surface area contributed by atoms with Crippen LogP contribution in [0.15, 0.2) is 84.9 Å². The summed E-state index contributed by atoms with van der Waals surface area (Å²) in [5.74, 6) is 0.00739. The van der Waals surface area contributed by atoms with Crippen molar-refractivity contribution in [1.29, 1.82) is 5.41 Å². The molecular weight excluding hydrogens is 448 g/mol. The highest BCUT2D eigenvalue weighted by atomic mass is 16.2. The first kappa shape index (κ1) is 25.2. The van der Waals surface area contributed by atoms with E-state index < -0.39 is 6.04 Å². The Morgan fingerprint density at radius 1 is 0.861 bits per heavy atom. The fraction of sp³-hybridized carbons (Fsp3) is 0.300. The van der Waals surface area contributed by atoms with E-state index in [0.29, 0.717) is 35.7 Å². The van der Waals surface area contributed by atoms with Gasteiger partial charge in [0.2, 0.25) is 5.91 Å². The average molecular weight is 483 g/mol. The molecule has 1 aliphatic carbocycles. The van der Waals surface area contributed by atoms with Crippen molar-refractivity contribution in [3.8, 4) is 0 Å². The molecule has 0 aromatic heterocycles. The van der Waals surface area contributed by atoms with Gasteiger partial charge in [-0.25, -0.2) is 0 Å². The molecular formula is C30H34N4O2. The number of hydrogen-bond acceptors (Lipinski definition) is 3. The van der Waals surface area contributed by atoms with Gasteiger partial charge in [-0.1, -0.05) is 67.8 Å². The van der Waals surface area contributed by atoms with Crippen molar-refractivity contribution < 1.29 is 9.59 Å². The molecule has 1 saturated carbocycles. The van der Waals surface area contributed by atoms with Crippen LogP contribution in [0.25, 0.3) is 0 Å². The van der Waals surface area contributed by atoms with E-state index in [1.165, 1.54) is 6.42 Å². The van der Waals surface area contributed by atoms with E-state index in [1.807, 2.05) is 60.7 Å². The predicted molar refractivity (Wildman–Crippen MR) is 144 cm³/mol. The second-order valence-electron chi connectivity index (χ2n) is 9.51. The summed E-state index contributed by atoms with van der Waals surface area (Å²) in [5, 5.41) is 10.6. The van der Waals surface area contributed by atoms with Gasteiger partial charge in [-0.15, -0.1) is 0 Å². The first-order valence-corrected chi connectivity index (χ1v) is 12.7. The minimum absolute atomic E-state index is 0.0260. The Morgan fingerprint density at radius 2 is 1.47 bits per heavy atom. The van der Waals surface area contributed by atoms with Crippen LogP contribution in [0.2, 0.25) is 0 Å². The molecule has 36 heavy (non-hydrogen) atoms. The third-order valence-electron chi connectivity index (χ3n) is 6.88. The maximum Gasteiger partial charge on any atom is 0.254 e. The summed E-state index contributed by atoms with van der Waals surface area (Å²) in [6, 6.07) is 25.3. The number of nitrogens with one attached hydrogen (secondary N) is 2. The van der Waals surface area contributed by atoms with Gasteiger partial charge < -0.3 is 16.0 Å². The van der Waals surface area contributed by atoms with Gasteiger partial charge in [0.15, 0.2) is 0 Å². The molecule has 4 N–H and O–H groups in total. The van der Waals surface area contributed by atoms with E-state index >= 15 is 0 Å². The van der Waals surface area contributed by atoms with Crippen LogP contribution in [-0.2, 0) is 11.2 Å². The number of carbonyl (C=O) groups excluding carboxylic acids is 2. The van der Waals surface area contributed by atoms with Gasteiger partial charge >= 0.3 is 0 Å². The van der Waals surface area contributed by atoms with Gasteiger partial charge in [-0.3, -0.25) is 15.0 Å². The van der Waals surface area contributed by atoms with Gasteiger partial charge in [0.25, 0.3) is 5.91 Å². The molecule has 3 aromatic rings. The number of amidine groups is 1. The molecule has 2 amide bonds. The highest BCUT2D eigenvalue weighted by molar-refractivity contribution is 6.02. The van der Waals surface area contributed by atoms with E-state index in [4.69, 9.17) is 11.1 Å². The molecule has 186 valence electrons. The van der Waals surface area contributed by atoms with Gasteiger partial charge in [0.1, 0.15) is 11.9 Å². The molecule has 1 unspecified atom stereocenters. The lowest BCUT2D eigenvalue weighted by Gasteiger charge is -2.35. The van der Waals surface area contributed by atoms with Crippen LogP contribution in [0.3, 0.4) is 0 Å². The number of rotatable bonds is 9. The molecule has 1 fully saturated rings. The Bertz CT molecular complexity index is 1160. The van der Waals surface area contributed by atoms with Crippen LogP contribution < -0.4 is 11.1 Å². The Kier molecular flexibility index (Phi) is 8.50. The van der Waals surface area contributed by atoms with Crippen molar-refractivity contribution in [2.75, 3.05) is 11.9 Å². The Labute approximate surface area is 213 Å². The number of amides is 2. The maximum absolute atomic E-state index is 13.8. The number of anilines is 1. The summed E-state index contributed by atoms with van der Waals surface area (Å²) in [6.07, 6.45) is 6.12. The molecule has 3 aromatic carbocycles. The van der Waals surface area contributed by atoms with Crippen molar-refractivity contribution in [2.45, 2.75) is 44.6 Å². The summed E-state index contributed by atoms with van der Waals surface area (Å²) >= 11 is 0. The molecule has 0 heterocycles. The summed E-state index contributed by atoms with van der Waals surface area (Å²) in [7, 11) is 0. The largest absolute Gasteiger partial charge is 0.384 e. The monoisotopic (exact) mass is 482 g/mol. The zero-order valence-corrected chi connectivity index (χ0v) is 20.5. The molecule has 4 rings (SSSR count).